The van der Waals surface area contributed by atoms with Crippen LogP contribution in [0.4, 0.5) is 0 Å². The third kappa shape index (κ3) is 5.57. The highest BCUT2D eigenvalue weighted by Gasteiger charge is 2.51. The second-order valence-electron chi connectivity index (χ2n) is 14.6. The first-order valence-corrected chi connectivity index (χ1v) is 20.6. The quantitative estimate of drug-likeness (QED) is 0.231. The molecular formula is C37H41N3O6S3. The van der Waals surface area contributed by atoms with Crippen LogP contribution in [0.3, 0.4) is 0 Å². The Labute approximate surface area is 290 Å². The van der Waals surface area contributed by atoms with Gasteiger partial charge in [0.05, 0.1) is 20.7 Å². The number of rotatable bonds is 6. The molecule has 9 nitrogen and oxygen atoms in total. The van der Waals surface area contributed by atoms with E-state index < -0.39 is 41.5 Å². The van der Waals surface area contributed by atoms with Crippen molar-refractivity contribution in [1.82, 2.24) is 12.9 Å². The van der Waals surface area contributed by atoms with Gasteiger partial charge in [-0.15, -0.1) is 0 Å². The lowest BCUT2D eigenvalue weighted by atomic mass is 9.78. The maximum Gasteiger partial charge on any atom is 0.243 e. The third-order valence-electron chi connectivity index (χ3n) is 10.1. The molecule has 0 bridgehead atoms. The predicted octanol–water partition coefficient (Wildman–Crippen LogP) is 6.31. The van der Waals surface area contributed by atoms with Gasteiger partial charge in [-0.25, -0.2) is 25.3 Å². The fourth-order valence-electron chi connectivity index (χ4n) is 7.52. The number of hydrogen-bond donors (Lipinski definition) is 0. The Morgan fingerprint density at radius 2 is 0.776 bits per heavy atom. The monoisotopic (exact) mass is 719 g/mol. The van der Waals surface area contributed by atoms with E-state index in [-0.39, 0.29) is 47.4 Å². The number of sulfonamides is 3. The van der Waals surface area contributed by atoms with Gasteiger partial charge in [0.1, 0.15) is 0 Å². The van der Waals surface area contributed by atoms with E-state index in [9.17, 15) is 25.3 Å². The molecule has 0 aromatic heterocycles. The predicted molar refractivity (Wildman–Crippen MR) is 188 cm³/mol. The summed E-state index contributed by atoms with van der Waals surface area (Å²) in [4.78, 5) is 0.540. The second-order valence-corrected chi connectivity index (χ2v) is 20.4. The van der Waals surface area contributed by atoms with E-state index in [2.05, 4.69) is 0 Å². The fraction of sp³-hybridized carbons (Fsp3) is 0.351. The molecule has 3 aliphatic heterocycles. The van der Waals surface area contributed by atoms with Crippen LogP contribution in [0.5, 0.6) is 0 Å². The molecule has 12 heteroatoms. The summed E-state index contributed by atoms with van der Waals surface area (Å²) in [5, 5.41) is 0. The van der Waals surface area contributed by atoms with Gasteiger partial charge in [0.15, 0.2) is 0 Å². The Bertz CT molecular complexity index is 2290. The highest BCUT2D eigenvalue weighted by atomic mass is 32.2. The molecule has 0 N–H and O–H groups in total. The maximum absolute atomic E-state index is 14.5. The highest BCUT2D eigenvalue weighted by molar-refractivity contribution is 7.89. The van der Waals surface area contributed by atoms with Crippen molar-refractivity contribution in [3.63, 3.8) is 0 Å². The third-order valence-corrected chi connectivity index (χ3v) is 15.5. The van der Waals surface area contributed by atoms with E-state index in [4.69, 9.17) is 0 Å². The number of aryl methyl sites for hydroxylation is 3. The summed E-state index contributed by atoms with van der Waals surface area (Å²) in [6.07, 6.45) is 0. The first kappa shape index (κ1) is 34.1. The van der Waals surface area contributed by atoms with Gasteiger partial charge in [-0.05, 0) is 96.0 Å². The fourth-order valence-corrected chi connectivity index (χ4v) is 12.0. The van der Waals surface area contributed by atoms with Gasteiger partial charge in [-0.3, -0.25) is 0 Å². The molecule has 49 heavy (non-hydrogen) atoms. The average Bonchev–Trinajstić information content (AvgIpc) is 3.77. The van der Waals surface area contributed by atoms with Crippen molar-refractivity contribution in [2.45, 2.75) is 95.0 Å². The van der Waals surface area contributed by atoms with Gasteiger partial charge in [-0.1, -0.05) is 73.9 Å². The van der Waals surface area contributed by atoms with Crippen LogP contribution in [0.25, 0.3) is 0 Å². The van der Waals surface area contributed by atoms with Crippen molar-refractivity contribution in [3.05, 3.63) is 123 Å². The number of benzene rings is 4. The van der Waals surface area contributed by atoms with Crippen LogP contribution in [-0.2, 0) is 62.8 Å². The molecule has 0 unspecified atom stereocenters. The van der Waals surface area contributed by atoms with E-state index >= 15 is 0 Å². The second kappa shape index (κ2) is 11.6. The average molecular weight is 720 g/mol. The summed E-state index contributed by atoms with van der Waals surface area (Å²) in [6.45, 7) is 12.0. The van der Waals surface area contributed by atoms with Gasteiger partial charge < -0.3 is 0 Å². The van der Waals surface area contributed by atoms with Crippen LogP contribution in [0.2, 0.25) is 0 Å². The molecule has 258 valence electrons. The van der Waals surface area contributed by atoms with E-state index in [0.717, 1.165) is 50.1 Å². The molecule has 3 heterocycles. The van der Waals surface area contributed by atoms with Crippen LogP contribution < -0.4 is 0 Å². The molecule has 0 aliphatic carbocycles. The van der Waals surface area contributed by atoms with Crippen LogP contribution in [-0.4, -0.2) is 38.2 Å². The zero-order valence-corrected chi connectivity index (χ0v) is 31.0. The SMILES string of the molecule is Cc1ccc(S(=O)(=O)N2Cc3c4c(c5c(c3C2)CN(S(=O)(=O)c2ccc(C)cc2)[C@H]5C(C)(C)C)CN(S(=O)(=O)c2ccc(C)cc2)C4)cc1. The summed E-state index contributed by atoms with van der Waals surface area (Å²) >= 11 is 0. The first-order chi connectivity index (χ1) is 22.9. The van der Waals surface area contributed by atoms with E-state index in [1.165, 1.54) is 12.9 Å². The summed E-state index contributed by atoms with van der Waals surface area (Å²) in [7, 11) is -11.8. The molecule has 0 fully saturated rings. The van der Waals surface area contributed by atoms with Crippen molar-refractivity contribution in [2.24, 2.45) is 5.41 Å². The number of fused-ring (bicyclic) bond motifs is 6. The van der Waals surface area contributed by atoms with Crippen molar-refractivity contribution < 1.29 is 25.3 Å². The number of hydrogen-bond acceptors (Lipinski definition) is 6. The Kier molecular flexibility index (Phi) is 8.05. The van der Waals surface area contributed by atoms with Crippen molar-refractivity contribution in [2.75, 3.05) is 0 Å². The van der Waals surface area contributed by atoms with Gasteiger partial charge in [-0.2, -0.15) is 12.9 Å². The van der Waals surface area contributed by atoms with Gasteiger partial charge in [0.2, 0.25) is 30.1 Å². The molecule has 0 amide bonds. The zero-order chi connectivity index (χ0) is 35.3. The zero-order valence-electron chi connectivity index (χ0n) is 28.6. The summed E-state index contributed by atoms with van der Waals surface area (Å²) < 4.78 is 89.5. The van der Waals surface area contributed by atoms with Gasteiger partial charge in [0.25, 0.3) is 0 Å². The molecule has 7 rings (SSSR count). The van der Waals surface area contributed by atoms with Crippen LogP contribution in [0, 0.1) is 26.2 Å². The first-order valence-electron chi connectivity index (χ1n) is 16.3. The van der Waals surface area contributed by atoms with Crippen molar-refractivity contribution in [1.29, 1.82) is 0 Å². The molecule has 3 aliphatic rings. The topological polar surface area (TPSA) is 112 Å². The smallest absolute Gasteiger partial charge is 0.207 e. The molecule has 4 aromatic carbocycles. The van der Waals surface area contributed by atoms with Gasteiger partial charge in [0, 0.05) is 32.7 Å². The van der Waals surface area contributed by atoms with Crippen LogP contribution in [0.1, 0.15) is 76.9 Å². The molecule has 0 spiro atoms. The minimum absolute atomic E-state index is 0.0617. The molecule has 0 saturated heterocycles. The number of nitrogens with zero attached hydrogens (tertiary/aromatic N) is 3. The molecule has 0 radical (unpaired) electrons. The summed E-state index contributed by atoms with van der Waals surface area (Å²) in [5.41, 5.74) is 6.92. The highest BCUT2D eigenvalue weighted by Crippen LogP contribution is 2.54. The lowest BCUT2D eigenvalue weighted by Crippen LogP contribution is -2.36. The van der Waals surface area contributed by atoms with Crippen molar-refractivity contribution in [3.8, 4) is 0 Å². The van der Waals surface area contributed by atoms with E-state index in [0.29, 0.717) is 0 Å². The molecule has 4 aromatic rings. The Morgan fingerprint density at radius 1 is 0.469 bits per heavy atom. The molecule has 0 saturated carbocycles. The largest absolute Gasteiger partial charge is 0.243 e. The molecular weight excluding hydrogens is 679 g/mol. The summed E-state index contributed by atoms with van der Waals surface area (Å²) in [6, 6.07) is 19.7. The Balaban J connectivity index is 1.40. The van der Waals surface area contributed by atoms with Crippen molar-refractivity contribution >= 4 is 30.1 Å². The van der Waals surface area contributed by atoms with Crippen LogP contribution in [0.15, 0.2) is 87.5 Å². The van der Waals surface area contributed by atoms with E-state index in [1.54, 1.807) is 72.8 Å². The Hall–Kier alpha value is -3.39. The Morgan fingerprint density at radius 3 is 1.14 bits per heavy atom. The maximum atomic E-state index is 14.5. The standard InChI is InChI=1S/C37H41N3O6S3/c1-24-7-13-27(14-8-24)47(41,42)38-19-30-31-20-39(48(43,44)28-15-9-25(2)10-16-28)22-33(31)35-34(32(30)21-38)23-40(36(35)37(4,5)6)49(45,46)29-17-11-26(3)12-18-29/h7-18,36H,19-23H2,1-6H3/t36-/m1/s1. The normalized spacial score (nSPS) is 18.9. The van der Waals surface area contributed by atoms with Gasteiger partial charge >= 0.3 is 0 Å². The van der Waals surface area contributed by atoms with E-state index in [1.807, 2.05) is 41.5 Å². The van der Waals surface area contributed by atoms with Crippen LogP contribution >= 0.6 is 0 Å². The summed E-state index contributed by atoms with van der Waals surface area (Å²) in [5.74, 6) is 0. The lowest BCUT2D eigenvalue weighted by Gasteiger charge is -2.35. The minimum atomic E-state index is -4.00. The molecule has 1 atom stereocenters. The lowest BCUT2D eigenvalue weighted by molar-refractivity contribution is 0.193. The minimum Gasteiger partial charge on any atom is -0.207 e.